The molecule has 0 saturated carbocycles. The van der Waals surface area contributed by atoms with Crippen LogP contribution in [0.2, 0.25) is 0 Å². The molecule has 0 fully saturated rings. The number of rotatable bonds is 5. The predicted molar refractivity (Wildman–Crippen MR) is 82.0 cm³/mol. The van der Waals surface area contributed by atoms with Crippen LogP contribution in [0.3, 0.4) is 0 Å². The van der Waals surface area contributed by atoms with Crippen LogP contribution in [0.25, 0.3) is 0 Å². The number of benzene rings is 2. The van der Waals surface area contributed by atoms with E-state index in [2.05, 4.69) is 5.32 Å². The van der Waals surface area contributed by atoms with Gasteiger partial charge in [-0.25, -0.2) is 8.78 Å². The first-order chi connectivity index (χ1) is 12.1. The Morgan fingerprint density at radius 1 is 1.04 bits per heavy atom. The second-order valence-electron chi connectivity index (χ2n) is 5.45. The molecule has 0 aromatic heterocycles. The molecule has 0 aliphatic heterocycles. The van der Waals surface area contributed by atoms with E-state index in [1.165, 1.54) is 12.1 Å². The molecule has 0 radical (unpaired) electrons. The molecule has 0 spiro atoms. The minimum absolute atomic E-state index is 0.255. The number of hydrogen-bond acceptors (Lipinski definition) is 2. The standard InChI is InChI=1S/C17H13F5N2O2/c18-11-5-10(6-12(19)8-11)16(26)24-14(15(23)25)7-9-3-1-2-4-13(9)17(20,21)22/h1-6,8,14H,7H2,(H2,23,25)(H,24,26)/t14-/m0/s1. The van der Waals surface area contributed by atoms with Crippen LogP contribution in [-0.2, 0) is 17.4 Å². The van der Waals surface area contributed by atoms with E-state index < -0.39 is 53.2 Å². The van der Waals surface area contributed by atoms with Crippen molar-refractivity contribution in [2.24, 2.45) is 5.73 Å². The van der Waals surface area contributed by atoms with E-state index in [-0.39, 0.29) is 5.56 Å². The second-order valence-corrected chi connectivity index (χ2v) is 5.45. The van der Waals surface area contributed by atoms with Gasteiger partial charge in [0.15, 0.2) is 0 Å². The minimum atomic E-state index is -4.66. The maximum atomic E-state index is 13.2. The number of halogens is 5. The van der Waals surface area contributed by atoms with Crippen LogP contribution < -0.4 is 11.1 Å². The molecule has 0 saturated heterocycles. The van der Waals surface area contributed by atoms with Gasteiger partial charge in [0.25, 0.3) is 5.91 Å². The Balaban J connectivity index is 2.26. The number of amides is 2. The first-order valence-corrected chi connectivity index (χ1v) is 7.29. The minimum Gasteiger partial charge on any atom is -0.368 e. The van der Waals surface area contributed by atoms with Gasteiger partial charge >= 0.3 is 6.18 Å². The van der Waals surface area contributed by atoms with Crippen LogP contribution in [0.1, 0.15) is 21.5 Å². The van der Waals surface area contributed by atoms with E-state index in [9.17, 15) is 31.5 Å². The van der Waals surface area contributed by atoms with Gasteiger partial charge < -0.3 is 11.1 Å². The first-order valence-electron chi connectivity index (χ1n) is 7.29. The summed E-state index contributed by atoms with van der Waals surface area (Å²) in [5.41, 5.74) is 3.48. The van der Waals surface area contributed by atoms with Crippen molar-refractivity contribution in [1.82, 2.24) is 5.32 Å². The molecule has 0 heterocycles. The molecule has 1 atom stereocenters. The zero-order chi connectivity index (χ0) is 19.5. The van der Waals surface area contributed by atoms with Crippen molar-refractivity contribution in [2.75, 3.05) is 0 Å². The maximum absolute atomic E-state index is 13.2. The van der Waals surface area contributed by atoms with Gasteiger partial charge in [-0.2, -0.15) is 13.2 Å². The molecular weight excluding hydrogens is 359 g/mol. The van der Waals surface area contributed by atoms with Crippen molar-refractivity contribution >= 4 is 11.8 Å². The molecule has 2 rings (SSSR count). The van der Waals surface area contributed by atoms with E-state index in [0.29, 0.717) is 6.07 Å². The molecule has 2 aromatic carbocycles. The van der Waals surface area contributed by atoms with Crippen LogP contribution in [0.15, 0.2) is 42.5 Å². The summed E-state index contributed by atoms with van der Waals surface area (Å²) in [6, 6.07) is 4.98. The van der Waals surface area contributed by atoms with Crippen molar-refractivity contribution in [2.45, 2.75) is 18.6 Å². The van der Waals surface area contributed by atoms with Gasteiger partial charge in [-0.3, -0.25) is 9.59 Å². The number of carbonyl (C=O) groups is 2. The largest absolute Gasteiger partial charge is 0.416 e. The molecule has 4 nitrogen and oxygen atoms in total. The average Bonchev–Trinajstić information content (AvgIpc) is 2.52. The molecule has 0 bridgehead atoms. The highest BCUT2D eigenvalue weighted by Gasteiger charge is 2.34. The Bertz CT molecular complexity index is 816. The topological polar surface area (TPSA) is 72.2 Å². The fourth-order valence-corrected chi connectivity index (χ4v) is 2.34. The van der Waals surface area contributed by atoms with Crippen LogP contribution >= 0.6 is 0 Å². The fraction of sp³-hybridized carbons (Fsp3) is 0.176. The molecule has 3 N–H and O–H groups in total. The van der Waals surface area contributed by atoms with Gasteiger partial charge in [0.1, 0.15) is 17.7 Å². The summed E-state index contributed by atoms with van der Waals surface area (Å²) in [6.07, 6.45) is -5.19. The molecule has 9 heteroatoms. The van der Waals surface area contributed by atoms with Gasteiger partial charge in [-0.05, 0) is 23.8 Å². The van der Waals surface area contributed by atoms with Crippen molar-refractivity contribution in [3.05, 3.63) is 70.8 Å². The van der Waals surface area contributed by atoms with E-state index in [1.54, 1.807) is 0 Å². The number of nitrogens with two attached hydrogens (primary N) is 1. The third-order valence-corrected chi connectivity index (χ3v) is 3.52. The molecule has 26 heavy (non-hydrogen) atoms. The van der Waals surface area contributed by atoms with E-state index >= 15 is 0 Å². The summed E-state index contributed by atoms with van der Waals surface area (Å²) >= 11 is 0. The van der Waals surface area contributed by atoms with Crippen molar-refractivity contribution < 1.29 is 31.5 Å². The van der Waals surface area contributed by atoms with Gasteiger partial charge in [0, 0.05) is 18.1 Å². The normalized spacial score (nSPS) is 12.5. The molecule has 0 aliphatic rings. The zero-order valence-electron chi connectivity index (χ0n) is 13.1. The highest BCUT2D eigenvalue weighted by Crippen LogP contribution is 2.32. The zero-order valence-corrected chi connectivity index (χ0v) is 13.1. The number of hydrogen-bond donors (Lipinski definition) is 2. The summed E-state index contributed by atoms with van der Waals surface area (Å²) in [7, 11) is 0. The van der Waals surface area contributed by atoms with Gasteiger partial charge in [0.2, 0.25) is 5.91 Å². The molecule has 2 aromatic rings. The molecular formula is C17H13F5N2O2. The summed E-state index contributed by atoms with van der Waals surface area (Å²) in [4.78, 5) is 23.6. The third kappa shape index (κ3) is 4.78. The summed E-state index contributed by atoms with van der Waals surface area (Å²) in [5, 5.41) is 2.10. The lowest BCUT2D eigenvalue weighted by molar-refractivity contribution is -0.138. The number of primary amides is 1. The summed E-state index contributed by atoms with van der Waals surface area (Å²) < 4.78 is 65.4. The Hall–Kier alpha value is -2.97. The molecule has 138 valence electrons. The Morgan fingerprint density at radius 2 is 1.62 bits per heavy atom. The fourth-order valence-electron chi connectivity index (χ4n) is 2.34. The maximum Gasteiger partial charge on any atom is 0.416 e. The lowest BCUT2D eigenvalue weighted by Crippen LogP contribution is -2.46. The molecule has 0 unspecified atom stereocenters. The van der Waals surface area contributed by atoms with Crippen LogP contribution in [0, 0.1) is 11.6 Å². The molecule has 2 amide bonds. The van der Waals surface area contributed by atoms with E-state index in [4.69, 9.17) is 5.73 Å². The smallest absolute Gasteiger partial charge is 0.368 e. The SMILES string of the molecule is NC(=O)[C@H](Cc1ccccc1C(F)(F)F)NC(=O)c1cc(F)cc(F)c1. The van der Waals surface area contributed by atoms with Crippen LogP contribution in [0.4, 0.5) is 22.0 Å². The van der Waals surface area contributed by atoms with Crippen LogP contribution in [-0.4, -0.2) is 17.9 Å². The Labute approximate surface area is 144 Å². The third-order valence-electron chi connectivity index (χ3n) is 3.52. The summed E-state index contributed by atoms with van der Waals surface area (Å²) in [6.45, 7) is 0. The van der Waals surface area contributed by atoms with E-state index in [1.807, 2.05) is 0 Å². The van der Waals surface area contributed by atoms with Crippen molar-refractivity contribution in [1.29, 1.82) is 0 Å². The summed E-state index contributed by atoms with van der Waals surface area (Å²) in [5.74, 6) is -4.18. The van der Waals surface area contributed by atoms with Crippen LogP contribution in [0.5, 0.6) is 0 Å². The number of carbonyl (C=O) groups excluding carboxylic acids is 2. The first kappa shape index (κ1) is 19.4. The number of nitrogens with one attached hydrogen (secondary N) is 1. The Kier molecular flexibility index (Phi) is 5.59. The van der Waals surface area contributed by atoms with E-state index in [0.717, 1.165) is 24.3 Å². The lowest BCUT2D eigenvalue weighted by Gasteiger charge is -2.18. The second kappa shape index (κ2) is 7.51. The predicted octanol–water partition coefficient (Wildman–Crippen LogP) is 2.81. The quantitative estimate of drug-likeness (QED) is 0.793. The lowest BCUT2D eigenvalue weighted by atomic mass is 9.99. The highest BCUT2D eigenvalue weighted by atomic mass is 19.4. The number of alkyl halides is 3. The monoisotopic (exact) mass is 372 g/mol. The van der Waals surface area contributed by atoms with Gasteiger partial charge in [-0.1, -0.05) is 18.2 Å². The van der Waals surface area contributed by atoms with Crippen molar-refractivity contribution in [3.63, 3.8) is 0 Å². The van der Waals surface area contributed by atoms with Gasteiger partial charge in [-0.15, -0.1) is 0 Å². The highest BCUT2D eigenvalue weighted by molar-refractivity contribution is 5.97. The molecule has 0 aliphatic carbocycles. The van der Waals surface area contributed by atoms with Gasteiger partial charge in [0.05, 0.1) is 5.56 Å². The Morgan fingerprint density at radius 3 is 2.15 bits per heavy atom. The van der Waals surface area contributed by atoms with Crippen molar-refractivity contribution in [3.8, 4) is 0 Å². The average molecular weight is 372 g/mol.